The zero-order chi connectivity index (χ0) is 20.7. The van der Waals surface area contributed by atoms with E-state index >= 15 is 0 Å². The average Bonchev–Trinajstić information content (AvgIpc) is 3.47. The Morgan fingerprint density at radius 1 is 0.967 bits per heavy atom. The molecule has 1 saturated carbocycles. The molecule has 0 radical (unpaired) electrons. The van der Waals surface area contributed by atoms with E-state index in [1.165, 1.54) is 6.07 Å². The quantitative estimate of drug-likeness (QED) is 0.696. The van der Waals surface area contributed by atoms with Gasteiger partial charge in [0.25, 0.3) is 0 Å². The molecule has 6 nitrogen and oxygen atoms in total. The van der Waals surface area contributed by atoms with Crippen LogP contribution in [0.2, 0.25) is 0 Å². The zero-order valence-corrected chi connectivity index (χ0v) is 16.6. The number of hydrogen-bond donors (Lipinski definition) is 1. The smallest absolute Gasteiger partial charge is 0.197 e. The summed E-state index contributed by atoms with van der Waals surface area (Å²) in [5.41, 5.74) is 2.04. The van der Waals surface area contributed by atoms with Crippen LogP contribution in [0.5, 0.6) is 0 Å². The molecule has 8 heteroatoms. The van der Waals surface area contributed by atoms with Crippen molar-refractivity contribution < 1.29 is 8.78 Å². The first-order valence-corrected chi connectivity index (χ1v) is 10.1. The van der Waals surface area contributed by atoms with Crippen molar-refractivity contribution in [2.75, 3.05) is 25.5 Å². The molecule has 0 spiro atoms. The maximum atomic E-state index is 14.4. The molecule has 1 aliphatic carbocycles. The molecule has 3 atom stereocenters. The summed E-state index contributed by atoms with van der Waals surface area (Å²) < 4.78 is 28.6. The summed E-state index contributed by atoms with van der Waals surface area (Å²) in [5, 5.41) is 3.19. The molecule has 3 aromatic rings. The second-order valence-corrected chi connectivity index (χ2v) is 8.12. The molecule has 2 aliphatic rings. The molecular weight excluding hydrogens is 386 g/mol. The zero-order valence-electron chi connectivity index (χ0n) is 16.6. The predicted molar refractivity (Wildman–Crippen MR) is 109 cm³/mol. The van der Waals surface area contributed by atoms with Crippen molar-refractivity contribution in [3.63, 3.8) is 0 Å². The van der Waals surface area contributed by atoms with Gasteiger partial charge in [0.05, 0.1) is 5.69 Å². The van der Waals surface area contributed by atoms with Crippen LogP contribution in [-0.2, 0) is 0 Å². The van der Waals surface area contributed by atoms with Crippen LogP contribution >= 0.6 is 0 Å². The summed E-state index contributed by atoms with van der Waals surface area (Å²) in [6.45, 7) is 1.78. The highest BCUT2D eigenvalue weighted by Crippen LogP contribution is 2.55. The Bertz CT molecular complexity index is 1040. The Labute approximate surface area is 173 Å². The topological polar surface area (TPSA) is 66.8 Å². The molecule has 30 heavy (non-hydrogen) atoms. The van der Waals surface area contributed by atoms with Gasteiger partial charge in [0.1, 0.15) is 0 Å². The molecule has 0 bridgehead atoms. The highest BCUT2D eigenvalue weighted by molar-refractivity contribution is 5.52. The summed E-state index contributed by atoms with van der Waals surface area (Å²) in [6.07, 6.45) is 8.63. The normalized spacial score (nSPS) is 23.5. The lowest BCUT2D eigenvalue weighted by Crippen LogP contribution is -2.24. The van der Waals surface area contributed by atoms with E-state index in [0.29, 0.717) is 11.6 Å². The van der Waals surface area contributed by atoms with Crippen molar-refractivity contribution in [1.82, 2.24) is 24.8 Å². The van der Waals surface area contributed by atoms with E-state index in [2.05, 4.69) is 30.2 Å². The van der Waals surface area contributed by atoms with Gasteiger partial charge in [-0.1, -0.05) is 0 Å². The Morgan fingerprint density at radius 3 is 2.37 bits per heavy atom. The standard InChI is InChI=1S/C22H22F2N6/c1-30-6-3-15(12-30)29-19-8-13(7-18(23)20(19)24)16-9-17(16)14-10-27-22(28-11-14)21-25-4-2-5-26-21/h2,4-5,7-8,10-11,15-17,29H,3,6,9,12H2,1H3/t15-,16?,17?/m1/s1. The van der Waals surface area contributed by atoms with Crippen LogP contribution in [0.4, 0.5) is 14.5 Å². The van der Waals surface area contributed by atoms with Gasteiger partial charge in [0.2, 0.25) is 0 Å². The highest BCUT2D eigenvalue weighted by Gasteiger charge is 2.41. The number of hydrogen-bond acceptors (Lipinski definition) is 6. The first-order valence-electron chi connectivity index (χ1n) is 10.1. The lowest BCUT2D eigenvalue weighted by molar-refractivity contribution is 0.413. The molecule has 154 valence electrons. The van der Waals surface area contributed by atoms with Crippen LogP contribution in [0.1, 0.15) is 35.8 Å². The van der Waals surface area contributed by atoms with Gasteiger partial charge >= 0.3 is 0 Å². The number of aromatic nitrogens is 4. The number of likely N-dealkylation sites (N-methyl/N-ethyl adjacent to an activating group) is 1. The third-order valence-corrected chi connectivity index (χ3v) is 5.89. The average molecular weight is 408 g/mol. The van der Waals surface area contributed by atoms with E-state index in [9.17, 15) is 8.78 Å². The van der Waals surface area contributed by atoms with Gasteiger partial charge in [0, 0.05) is 37.4 Å². The van der Waals surface area contributed by atoms with Crippen molar-refractivity contribution in [3.05, 3.63) is 65.7 Å². The maximum absolute atomic E-state index is 14.4. The Balaban J connectivity index is 1.32. The molecule has 1 aromatic carbocycles. The van der Waals surface area contributed by atoms with Gasteiger partial charge in [-0.25, -0.2) is 28.7 Å². The minimum absolute atomic E-state index is 0.134. The molecule has 2 fully saturated rings. The minimum atomic E-state index is -0.806. The van der Waals surface area contributed by atoms with Crippen molar-refractivity contribution in [2.24, 2.45) is 0 Å². The summed E-state index contributed by atoms with van der Waals surface area (Å²) in [4.78, 5) is 19.2. The first kappa shape index (κ1) is 19.0. The van der Waals surface area contributed by atoms with Gasteiger partial charge in [-0.15, -0.1) is 0 Å². The van der Waals surface area contributed by atoms with Crippen LogP contribution in [0.25, 0.3) is 11.6 Å². The second-order valence-electron chi connectivity index (χ2n) is 8.12. The maximum Gasteiger partial charge on any atom is 0.197 e. The third kappa shape index (κ3) is 3.75. The SMILES string of the molecule is CN1CC[C@@H](Nc2cc(C3CC3c3cnc(-c4ncccn4)nc3)cc(F)c2F)C1. The third-order valence-electron chi connectivity index (χ3n) is 5.89. The number of halogens is 2. The van der Waals surface area contributed by atoms with Crippen LogP contribution in [-0.4, -0.2) is 51.0 Å². The number of anilines is 1. The number of nitrogens with zero attached hydrogens (tertiary/aromatic N) is 5. The molecule has 2 unspecified atom stereocenters. The first-order chi connectivity index (χ1) is 14.6. The molecule has 2 aromatic heterocycles. The molecule has 1 aliphatic heterocycles. The van der Waals surface area contributed by atoms with E-state index in [-0.39, 0.29) is 23.6 Å². The number of rotatable bonds is 5. The highest BCUT2D eigenvalue weighted by atomic mass is 19.2. The van der Waals surface area contributed by atoms with Crippen molar-refractivity contribution >= 4 is 5.69 Å². The number of nitrogens with one attached hydrogen (secondary N) is 1. The van der Waals surface area contributed by atoms with Crippen LogP contribution in [0.15, 0.2) is 43.0 Å². The lowest BCUT2D eigenvalue weighted by Gasteiger charge is -2.16. The summed E-state index contributed by atoms with van der Waals surface area (Å²) in [6, 6.07) is 4.95. The Kier molecular flexibility index (Phi) is 4.86. The van der Waals surface area contributed by atoms with E-state index in [1.807, 2.05) is 7.05 Å². The van der Waals surface area contributed by atoms with Gasteiger partial charge in [0.15, 0.2) is 23.3 Å². The van der Waals surface area contributed by atoms with Crippen molar-refractivity contribution in [1.29, 1.82) is 0 Å². The largest absolute Gasteiger partial charge is 0.379 e. The fourth-order valence-electron chi connectivity index (χ4n) is 4.19. The Hall–Kier alpha value is -3.00. The Morgan fingerprint density at radius 2 is 1.67 bits per heavy atom. The second kappa shape index (κ2) is 7.68. The molecule has 5 rings (SSSR count). The van der Waals surface area contributed by atoms with Gasteiger partial charge in [-0.3, -0.25) is 0 Å². The fraction of sp³-hybridized carbons (Fsp3) is 0.364. The molecule has 1 saturated heterocycles. The monoisotopic (exact) mass is 408 g/mol. The molecule has 1 N–H and O–H groups in total. The number of likely N-dealkylation sites (tertiary alicyclic amines) is 1. The fourth-order valence-corrected chi connectivity index (χ4v) is 4.19. The van der Waals surface area contributed by atoms with Gasteiger partial charge in [-0.2, -0.15) is 0 Å². The van der Waals surface area contributed by atoms with Crippen LogP contribution in [0, 0.1) is 11.6 Å². The van der Waals surface area contributed by atoms with Gasteiger partial charge in [-0.05, 0) is 67.6 Å². The number of benzene rings is 1. The summed E-state index contributed by atoms with van der Waals surface area (Å²) in [7, 11) is 2.03. The molecule has 0 amide bonds. The summed E-state index contributed by atoms with van der Waals surface area (Å²) >= 11 is 0. The van der Waals surface area contributed by atoms with E-state index in [0.717, 1.165) is 37.1 Å². The lowest BCUT2D eigenvalue weighted by atomic mass is 10.0. The minimum Gasteiger partial charge on any atom is -0.379 e. The molecular formula is C22H22F2N6. The van der Waals surface area contributed by atoms with Crippen LogP contribution < -0.4 is 5.32 Å². The van der Waals surface area contributed by atoms with E-state index in [4.69, 9.17) is 0 Å². The predicted octanol–water partition coefficient (Wildman–Crippen LogP) is 3.60. The van der Waals surface area contributed by atoms with E-state index < -0.39 is 11.6 Å². The van der Waals surface area contributed by atoms with Crippen molar-refractivity contribution in [3.8, 4) is 11.6 Å². The van der Waals surface area contributed by atoms with E-state index in [1.54, 1.807) is 36.9 Å². The van der Waals surface area contributed by atoms with Crippen LogP contribution in [0.3, 0.4) is 0 Å². The summed E-state index contributed by atoms with van der Waals surface area (Å²) in [5.74, 6) is -0.330. The van der Waals surface area contributed by atoms with Gasteiger partial charge < -0.3 is 10.2 Å². The van der Waals surface area contributed by atoms with Crippen molar-refractivity contribution in [2.45, 2.75) is 30.7 Å². The molecule has 3 heterocycles.